The molecule has 0 saturated heterocycles. The topological polar surface area (TPSA) is 55.4 Å². The van der Waals surface area contributed by atoms with Crippen LogP contribution in [0.5, 0.6) is 34.5 Å². The summed E-state index contributed by atoms with van der Waals surface area (Å²) in [6.45, 7) is 7.25. The molecule has 0 saturated carbocycles. The van der Waals surface area contributed by atoms with Crippen LogP contribution in [0, 0.1) is 30.6 Å². The molecular weight excluding hydrogens is 757 g/mol. The summed E-state index contributed by atoms with van der Waals surface area (Å²) in [7, 11) is 5.06. The molecule has 0 radical (unpaired) electrons. The van der Waals surface area contributed by atoms with E-state index in [1.54, 1.807) is 21.3 Å². The molecule has 0 heterocycles. The molecule has 0 aromatic heterocycles. The zero-order valence-corrected chi connectivity index (χ0v) is 37.3. The molecule has 0 aliphatic heterocycles. The van der Waals surface area contributed by atoms with Crippen LogP contribution in [0.4, 0.5) is 0 Å². The Bertz CT molecular complexity index is 2130. The second-order valence-electron chi connectivity index (χ2n) is 15.3. The predicted octanol–water partition coefficient (Wildman–Crippen LogP) is 13.5. The number of rotatable bonds is 25. The third-order valence-corrected chi connectivity index (χ3v) is 10.8. The summed E-state index contributed by atoms with van der Waals surface area (Å²) in [5, 5.41) is 0. The van der Waals surface area contributed by atoms with Crippen LogP contribution < -0.4 is 28.4 Å². The van der Waals surface area contributed by atoms with Gasteiger partial charge in [-0.3, -0.25) is 0 Å². The number of hydrogen-bond donors (Lipinski definition) is 0. The van der Waals surface area contributed by atoms with Crippen molar-refractivity contribution in [3.63, 3.8) is 0 Å². The molecule has 5 aromatic carbocycles. The first-order valence-electron chi connectivity index (χ1n) is 21.8. The number of methoxy groups -OCH3 is 3. The molecule has 6 nitrogen and oxygen atoms in total. The smallest absolute Gasteiger partial charge is 0.131 e. The molecule has 5 rings (SSSR count). The van der Waals surface area contributed by atoms with E-state index in [-0.39, 0.29) is 0 Å². The van der Waals surface area contributed by atoms with Crippen molar-refractivity contribution in [2.45, 2.75) is 118 Å². The highest BCUT2D eigenvalue weighted by Crippen LogP contribution is 2.45. The molecule has 0 N–H and O–H groups in total. The molecule has 0 amide bonds. The first kappa shape index (κ1) is 46.1. The van der Waals surface area contributed by atoms with Gasteiger partial charge in [0.15, 0.2) is 0 Å². The lowest BCUT2D eigenvalue weighted by Crippen LogP contribution is -2.06. The molecule has 0 atom stereocenters. The highest BCUT2D eigenvalue weighted by atomic mass is 16.5. The van der Waals surface area contributed by atoms with E-state index in [4.69, 9.17) is 28.4 Å². The number of ether oxygens (including phenoxy) is 6. The maximum Gasteiger partial charge on any atom is 0.131 e. The van der Waals surface area contributed by atoms with Gasteiger partial charge in [0.1, 0.15) is 54.3 Å². The highest BCUT2D eigenvalue weighted by molar-refractivity contribution is 5.83. The standard InChI is InChI=1S/C55H64O6/c1-7-9-11-13-15-16-17-19-21-46-36-52(60-40-44-25-31-49(57-5)32-26-44)55(53(37-46)61-41-45-27-33-50(58-6)34-28-45)54-42(3)35-51(38-47(54)22-20-18-14-12-10-8-2)59-39-43-23-29-48(56-4)30-24-43/h23-38H,11-22,39-41H2,1-6H3. The van der Waals surface area contributed by atoms with Gasteiger partial charge < -0.3 is 28.4 Å². The summed E-state index contributed by atoms with van der Waals surface area (Å²) in [6, 6.07) is 33.0. The quantitative estimate of drug-likeness (QED) is 0.0432. The van der Waals surface area contributed by atoms with Crippen molar-refractivity contribution in [2.75, 3.05) is 21.3 Å². The summed E-state index contributed by atoms with van der Waals surface area (Å²) in [6.07, 6.45) is 12.7. The SMILES string of the molecule is CC#CCCCCCCCc1cc(OCc2ccc(OC)cc2)c(-c2c(C)cc(OCc3ccc(OC)cc3)cc2CCCCCC#CC)c(OCc2ccc(OC)cc2)c1. The Labute approximate surface area is 365 Å². The van der Waals surface area contributed by atoms with E-state index >= 15 is 0 Å². The van der Waals surface area contributed by atoms with Gasteiger partial charge in [0, 0.05) is 12.8 Å². The van der Waals surface area contributed by atoms with Gasteiger partial charge in [-0.1, -0.05) is 62.1 Å². The molecule has 0 aliphatic rings. The zero-order chi connectivity index (χ0) is 43.1. The minimum Gasteiger partial charge on any atom is -0.497 e. The maximum absolute atomic E-state index is 6.92. The van der Waals surface area contributed by atoms with Crippen molar-refractivity contribution < 1.29 is 28.4 Å². The summed E-state index contributed by atoms with van der Waals surface area (Å²) in [5.74, 6) is 17.4. The van der Waals surface area contributed by atoms with E-state index < -0.39 is 0 Å². The molecule has 5 aromatic rings. The van der Waals surface area contributed by atoms with Crippen LogP contribution in [0.25, 0.3) is 11.1 Å². The molecule has 0 bridgehead atoms. The van der Waals surface area contributed by atoms with Gasteiger partial charge in [-0.25, -0.2) is 0 Å². The normalized spacial score (nSPS) is 10.5. The van der Waals surface area contributed by atoms with Crippen LogP contribution in [0.15, 0.2) is 97.1 Å². The first-order chi connectivity index (χ1) is 29.9. The largest absolute Gasteiger partial charge is 0.497 e. The Kier molecular flexibility index (Phi) is 19.3. The van der Waals surface area contributed by atoms with Crippen molar-refractivity contribution >= 4 is 0 Å². The maximum atomic E-state index is 6.92. The Morgan fingerprint density at radius 2 is 0.836 bits per heavy atom. The fourth-order valence-electron chi connectivity index (χ4n) is 7.41. The third-order valence-electron chi connectivity index (χ3n) is 10.8. The van der Waals surface area contributed by atoms with Crippen molar-refractivity contribution in [2.24, 2.45) is 0 Å². The van der Waals surface area contributed by atoms with E-state index in [9.17, 15) is 0 Å². The van der Waals surface area contributed by atoms with Crippen LogP contribution >= 0.6 is 0 Å². The zero-order valence-electron chi connectivity index (χ0n) is 37.3. The van der Waals surface area contributed by atoms with Crippen molar-refractivity contribution in [3.05, 3.63) is 130 Å². The average Bonchev–Trinajstić information content (AvgIpc) is 3.29. The van der Waals surface area contributed by atoms with Crippen molar-refractivity contribution in [1.29, 1.82) is 0 Å². The van der Waals surface area contributed by atoms with Gasteiger partial charge in [-0.2, -0.15) is 0 Å². The average molecular weight is 821 g/mol. The molecule has 0 fully saturated rings. The van der Waals surface area contributed by atoms with Crippen LogP contribution in [-0.4, -0.2) is 21.3 Å². The molecule has 320 valence electrons. The van der Waals surface area contributed by atoms with Gasteiger partial charge >= 0.3 is 0 Å². The van der Waals surface area contributed by atoms with Gasteiger partial charge in [0.05, 0.1) is 26.9 Å². The van der Waals surface area contributed by atoms with E-state index in [0.29, 0.717) is 19.8 Å². The fourth-order valence-corrected chi connectivity index (χ4v) is 7.41. The van der Waals surface area contributed by atoms with Gasteiger partial charge in [-0.05, 0) is 159 Å². The lowest BCUT2D eigenvalue weighted by atomic mass is 9.89. The van der Waals surface area contributed by atoms with Crippen molar-refractivity contribution in [1.82, 2.24) is 0 Å². The number of aryl methyl sites for hydroxylation is 3. The van der Waals surface area contributed by atoms with E-state index in [1.165, 1.54) is 24.0 Å². The minimum absolute atomic E-state index is 0.398. The number of unbranched alkanes of at least 4 members (excludes halogenated alkanes) is 8. The van der Waals surface area contributed by atoms with Crippen LogP contribution in [-0.2, 0) is 32.7 Å². The van der Waals surface area contributed by atoms with Gasteiger partial charge in [-0.15, -0.1) is 23.7 Å². The number of hydrogen-bond acceptors (Lipinski definition) is 6. The van der Waals surface area contributed by atoms with E-state index in [2.05, 4.69) is 79.1 Å². The van der Waals surface area contributed by atoms with Gasteiger partial charge in [0.2, 0.25) is 0 Å². The molecule has 0 aliphatic carbocycles. The third kappa shape index (κ3) is 14.9. The monoisotopic (exact) mass is 820 g/mol. The van der Waals surface area contributed by atoms with Crippen LogP contribution in [0.2, 0.25) is 0 Å². The molecular formula is C55H64O6. The van der Waals surface area contributed by atoms with Crippen LogP contribution in [0.3, 0.4) is 0 Å². The summed E-state index contributed by atoms with van der Waals surface area (Å²) in [4.78, 5) is 0. The lowest BCUT2D eigenvalue weighted by molar-refractivity contribution is 0.291. The second-order valence-corrected chi connectivity index (χ2v) is 15.3. The summed E-state index contributed by atoms with van der Waals surface area (Å²) >= 11 is 0. The Hall–Kier alpha value is -5.98. The molecule has 0 spiro atoms. The highest BCUT2D eigenvalue weighted by Gasteiger charge is 2.22. The summed E-state index contributed by atoms with van der Waals surface area (Å²) in [5.41, 5.74) is 8.78. The Morgan fingerprint density at radius 1 is 0.410 bits per heavy atom. The van der Waals surface area contributed by atoms with Crippen molar-refractivity contribution in [3.8, 4) is 69.3 Å². The minimum atomic E-state index is 0.398. The fraction of sp³-hybridized carbons (Fsp3) is 0.382. The number of benzene rings is 5. The molecule has 0 unspecified atom stereocenters. The van der Waals surface area contributed by atoms with Crippen LogP contribution in [0.1, 0.15) is 111 Å². The molecule has 6 heteroatoms. The van der Waals surface area contributed by atoms with E-state index in [0.717, 1.165) is 132 Å². The lowest BCUT2D eigenvalue weighted by Gasteiger charge is -2.23. The van der Waals surface area contributed by atoms with Gasteiger partial charge in [0.25, 0.3) is 0 Å². The van der Waals surface area contributed by atoms with E-state index in [1.807, 2.05) is 62.4 Å². The second kappa shape index (κ2) is 25.6. The predicted molar refractivity (Wildman–Crippen MR) is 249 cm³/mol. The Morgan fingerprint density at radius 3 is 1.31 bits per heavy atom. The molecule has 61 heavy (non-hydrogen) atoms. The summed E-state index contributed by atoms with van der Waals surface area (Å²) < 4.78 is 36.6. The Balaban J connectivity index is 1.56. The first-order valence-corrected chi connectivity index (χ1v) is 21.8.